The Bertz CT molecular complexity index is 669. The molecule has 1 fully saturated rings. The molecule has 0 aliphatic carbocycles. The summed E-state index contributed by atoms with van der Waals surface area (Å²) in [6.07, 6.45) is 1.41. The molecule has 0 radical (unpaired) electrons. The van der Waals surface area contributed by atoms with E-state index in [9.17, 15) is 14.4 Å². The number of amides is 3. The summed E-state index contributed by atoms with van der Waals surface area (Å²) < 4.78 is 0. The van der Waals surface area contributed by atoms with Gasteiger partial charge in [-0.1, -0.05) is 6.92 Å². The van der Waals surface area contributed by atoms with Gasteiger partial charge in [0.1, 0.15) is 0 Å². The molecule has 0 bridgehead atoms. The summed E-state index contributed by atoms with van der Waals surface area (Å²) >= 11 is 1.48. The van der Waals surface area contributed by atoms with Gasteiger partial charge in [0.25, 0.3) is 5.91 Å². The number of nitrogens with zero attached hydrogens (tertiary/aromatic N) is 2. The van der Waals surface area contributed by atoms with Crippen molar-refractivity contribution < 1.29 is 14.4 Å². The smallest absolute Gasteiger partial charge is 0.254 e. The van der Waals surface area contributed by atoms with Gasteiger partial charge in [0.05, 0.1) is 11.4 Å². The van der Waals surface area contributed by atoms with Crippen LogP contribution in [0, 0.1) is 0 Å². The zero-order valence-corrected chi connectivity index (χ0v) is 14.5. The molecule has 6 nitrogen and oxygen atoms in total. The van der Waals surface area contributed by atoms with Crippen molar-refractivity contribution in [2.75, 3.05) is 37.2 Å². The lowest BCUT2D eigenvalue weighted by molar-refractivity contribution is -0.132. The largest absolute Gasteiger partial charge is 0.339 e. The van der Waals surface area contributed by atoms with E-state index in [1.54, 1.807) is 17.0 Å². The molecule has 24 heavy (non-hydrogen) atoms. The average molecular weight is 347 g/mol. The molecule has 1 saturated heterocycles. The molecule has 0 unspecified atom stereocenters. The third-order valence-corrected chi connectivity index (χ3v) is 5.32. The lowest BCUT2D eigenvalue weighted by atomic mass is 10.1. The summed E-state index contributed by atoms with van der Waals surface area (Å²) in [7, 11) is 0. The second kappa shape index (κ2) is 7.25. The van der Waals surface area contributed by atoms with Crippen LogP contribution in [0.1, 0.15) is 30.1 Å². The minimum absolute atomic E-state index is 0.0415. The quantitative estimate of drug-likeness (QED) is 0.905. The topological polar surface area (TPSA) is 69.7 Å². The highest BCUT2D eigenvalue weighted by Crippen LogP contribution is 2.32. The molecule has 0 saturated carbocycles. The van der Waals surface area contributed by atoms with E-state index in [4.69, 9.17) is 0 Å². The van der Waals surface area contributed by atoms with Crippen molar-refractivity contribution in [3.8, 4) is 0 Å². The van der Waals surface area contributed by atoms with Gasteiger partial charge < -0.3 is 15.1 Å². The molecular weight excluding hydrogens is 326 g/mol. The Kier molecular flexibility index (Phi) is 5.08. The summed E-state index contributed by atoms with van der Waals surface area (Å²) in [5, 5.41) is 2.81. The van der Waals surface area contributed by atoms with Crippen molar-refractivity contribution >= 4 is 35.2 Å². The zero-order valence-electron chi connectivity index (χ0n) is 13.7. The van der Waals surface area contributed by atoms with Gasteiger partial charge in [0.2, 0.25) is 11.8 Å². The maximum Gasteiger partial charge on any atom is 0.254 e. The minimum atomic E-state index is -0.0507. The van der Waals surface area contributed by atoms with E-state index in [-0.39, 0.29) is 17.7 Å². The van der Waals surface area contributed by atoms with Crippen LogP contribution in [0.2, 0.25) is 0 Å². The van der Waals surface area contributed by atoms with Crippen molar-refractivity contribution in [3.05, 3.63) is 23.8 Å². The Hall–Kier alpha value is -2.02. The second-order valence-corrected chi connectivity index (χ2v) is 6.99. The Morgan fingerprint density at radius 2 is 1.88 bits per heavy atom. The van der Waals surface area contributed by atoms with Gasteiger partial charge in [0.15, 0.2) is 0 Å². The number of rotatable bonds is 3. The Labute approximate surface area is 145 Å². The van der Waals surface area contributed by atoms with Crippen LogP contribution in [0.25, 0.3) is 0 Å². The standard InChI is InChI=1S/C17H21N3O3S/c1-2-3-16(22)19-6-8-20(9-7-19)17(23)12-4-5-14-13(10-12)18-15(21)11-24-14/h4-5,10H,2-3,6-9,11H2,1H3,(H,18,21). The summed E-state index contributed by atoms with van der Waals surface area (Å²) in [4.78, 5) is 40.7. The number of hydrogen-bond acceptors (Lipinski definition) is 4. The van der Waals surface area contributed by atoms with Gasteiger partial charge in [-0.3, -0.25) is 14.4 Å². The van der Waals surface area contributed by atoms with E-state index in [1.807, 2.05) is 17.9 Å². The Morgan fingerprint density at radius 1 is 1.17 bits per heavy atom. The molecule has 128 valence electrons. The number of piperazine rings is 1. The third kappa shape index (κ3) is 3.56. The van der Waals surface area contributed by atoms with Gasteiger partial charge in [-0.2, -0.15) is 0 Å². The number of hydrogen-bond donors (Lipinski definition) is 1. The summed E-state index contributed by atoms with van der Waals surface area (Å²) in [5.41, 5.74) is 1.28. The summed E-state index contributed by atoms with van der Waals surface area (Å²) in [5.74, 6) is 0.483. The van der Waals surface area contributed by atoms with Crippen molar-refractivity contribution in [2.45, 2.75) is 24.7 Å². The average Bonchev–Trinajstić information content (AvgIpc) is 2.60. The van der Waals surface area contributed by atoms with Gasteiger partial charge in [-0.25, -0.2) is 0 Å². The molecule has 3 amide bonds. The molecule has 2 aliphatic heterocycles. The van der Waals surface area contributed by atoms with Crippen molar-refractivity contribution in [3.63, 3.8) is 0 Å². The number of carbonyl (C=O) groups is 3. The molecular formula is C17H21N3O3S. The highest BCUT2D eigenvalue weighted by atomic mass is 32.2. The third-order valence-electron chi connectivity index (χ3n) is 4.24. The van der Waals surface area contributed by atoms with Crippen molar-refractivity contribution in [1.29, 1.82) is 0 Å². The summed E-state index contributed by atoms with van der Waals surface area (Å²) in [6.45, 7) is 4.26. The molecule has 1 aromatic rings. The van der Waals surface area contributed by atoms with E-state index in [0.29, 0.717) is 49.6 Å². The highest BCUT2D eigenvalue weighted by molar-refractivity contribution is 8.00. The fourth-order valence-electron chi connectivity index (χ4n) is 2.93. The Morgan fingerprint density at radius 3 is 2.58 bits per heavy atom. The first-order valence-electron chi connectivity index (χ1n) is 8.22. The first kappa shape index (κ1) is 16.8. The van der Waals surface area contributed by atoms with Gasteiger partial charge in [-0.15, -0.1) is 11.8 Å². The second-order valence-electron chi connectivity index (χ2n) is 5.97. The molecule has 0 spiro atoms. The predicted molar refractivity (Wildman–Crippen MR) is 93.2 cm³/mol. The number of thioether (sulfide) groups is 1. The first-order chi connectivity index (χ1) is 11.6. The normalized spacial score (nSPS) is 17.3. The van der Waals surface area contributed by atoms with E-state index in [0.717, 1.165) is 11.3 Å². The molecule has 0 atom stereocenters. The van der Waals surface area contributed by atoms with Crippen molar-refractivity contribution in [2.24, 2.45) is 0 Å². The number of nitrogens with one attached hydrogen (secondary N) is 1. The van der Waals surface area contributed by atoms with E-state index in [1.165, 1.54) is 11.8 Å². The zero-order chi connectivity index (χ0) is 17.1. The van der Waals surface area contributed by atoms with Crippen LogP contribution in [0.5, 0.6) is 0 Å². The van der Waals surface area contributed by atoms with E-state index in [2.05, 4.69) is 5.32 Å². The molecule has 3 rings (SSSR count). The maximum atomic E-state index is 12.7. The van der Waals surface area contributed by atoms with E-state index < -0.39 is 0 Å². The molecule has 2 aliphatic rings. The van der Waals surface area contributed by atoms with Crippen molar-refractivity contribution in [1.82, 2.24) is 9.80 Å². The van der Waals surface area contributed by atoms with E-state index >= 15 is 0 Å². The molecule has 1 N–H and O–H groups in total. The molecule has 2 heterocycles. The molecule has 1 aromatic carbocycles. The molecule has 7 heteroatoms. The van der Waals surface area contributed by atoms with Crippen LogP contribution < -0.4 is 5.32 Å². The number of benzene rings is 1. The van der Waals surface area contributed by atoms with Gasteiger partial charge in [-0.05, 0) is 24.6 Å². The SMILES string of the molecule is CCCC(=O)N1CCN(C(=O)c2ccc3c(c2)NC(=O)CS3)CC1. The molecule has 0 aromatic heterocycles. The fraction of sp³-hybridized carbons (Fsp3) is 0.471. The number of anilines is 1. The Balaban J connectivity index is 1.64. The van der Waals surface area contributed by atoms with Crippen LogP contribution in [-0.2, 0) is 9.59 Å². The van der Waals surface area contributed by atoms with Crippen LogP contribution >= 0.6 is 11.8 Å². The van der Waals surface area contributed by atoms with Gasteiger partial charge >= 0.3 is 0 Å². The van der Waals surface area contributed by atoms with Crippen LogP contribution in [0.15, 0.2) is 23.1 Å². The number of carbonyl (C=O) groups excluding carboxylic acids is 3. The van der Waals surface area contributed by atoms with Crippen LogP contribution in [0.3, 0.4) is 0 Å². The highest BCUT2D eigenvalue weighted by Gasteiger charge is 2.25. The lowest BCUT2D eigenvalue weighted by Crippen LogP contribution is -2.50. The summed E-state index contributed by atoms with van der Waals surface area (Å²) in [6, 6.07) is 5.43. The monoisotopic (exact) mass is 347 g/mol. The predicted octanol–water partition coefficient (Wildman–Crippen LogP) is 1.82. The lowest BCUT2D eigenvalue weighted by Gasteiger charge is -2.35. The van der Waals surface area contributed by atoms with Crippen LogP contribution in [-0.4, -0.2) is 59.5 Å². The van der Waals surface area contributed by atoms with Gasteiger partial charge in [0, 0.05) is 43.1 Å². The fourth-order valence-corrected chi connectivity index (χ4v) is 3.72. The minimum Gasteiger partial charge on any atom is -0.339 e. The first-order valence-corrected chi connectivity index (χ1v) is 9.21. The maximum absolute atomic E-state index is 12.7. The number of fused-ring (bicyclic) bond motifs is 1. The van der Waals surface area contributed by atoms with Crippen LogP contribution in [0.4, 0.5) is 5.69 Å².